The van der Waals surface area contributed by atoms with E-state index in [0.29, 0.717) is 18.5 Å². The number of amides is 1. The number of nitrogens with two attached hydrogens (primary N) is 1. The molecule has 5 N–H and O–H groups in total. The number of benzene rings is 2. The third-order valence-corrected chi connectivity index (χ3v) is 5.36. The Morgan fingerprint density at radius 2 is 1.96 bits per heavy atom. The molecule has 3 rings (SSSR count). The summed E-state index contributed by atoms with van der Waals surface area (Å²) in [6.07, 6.45) is 0.469. The van der Waals surface area contributed by atoms with E-state index in [0.717, 1.165) is 5.56 Å². The van der Waals surface area contributed by atoms with Crippen LogP contribution in [-0.4, -0.2) is 27.5 Å². The zero-order valence-corrected chi connectivity index (χ0v) is 15.6. The van der Waals surface area contributed by atoms with E-state index in [1.165, 1.54) is 13.2 Å². The Labute approximate surface area is 158 Å². The number of nitrogens with one attached hydrogen (secondary N) is 3. The molecule has 1 saturated heterocycles. The highest BCUT2D eigenvalue weighted by molar-refractivity contribution is 7.89. The van der Waals surface area contributed by atoms with Gasteiger partial charge < -0.3 is 10.1 Å². The van der Waals surface area contributed by atoms with Gasteiger partial charge in [-0.2, -0.15) is 0 Å². The molecule has 1 amide bonds. The highest BCUT2D eigenvalue weighted by Crippen LogP contribution is 2.29. The first kappa shape index (κ1) is 19.3. The van der Waals surface area contributed by atoms with Crippen LogP contribution < -0.4 is 26.0 Å². The van der Waals surface area contributed by atoms with Crippen LogP contribution in [-0.2, 0) is 21.4 Å². The molecule has 0 radical (unpaired) electrons. The SMILES string of the molecule is COc1ccc(C2CC(C(=O)NCc3ccccc3)NN2)cc1S(N)(=O)=O. The van der Waals surface area contributed by atoms with Crippen molar-refractivity contribution in [1.29, 1.82) is 0 Å². The molecule has 8 nitrogen and oxygen atoms in total. The van der Waals surface area contributed by atoms with Crippen molar-refractivity contribution in [3.63, 3.8) is 0 Å². The minimum absolute atomic E-state index is 0.0821. The Balaban J connectivity index is 1.66. The van der Waals surface area contributed by atoms with Crippen LogP contribution in [0.1, 0.15) is 23.6 Å². The summed E-state index contributed by atoms with van der Waals surface area (Å²) in [4.78, 5) is 12.3. The fourth-order valence-electron chi connectivity index (χ4n) is 2.99. The van der Waals surface area contributed by atoms with Gasteiger partial charge in [-0.15, -0.1) is 0 Å². The van der Waals surface area contributed by atoms with Crippen molar-refractivity contribution in [3.8, 4) is 5.75 Å². The lowest BCUT2D eigenvalue weighted by Gasteiger charge is -2.13. The third-order valence-electron chi connectivity index (χ3n) is 4.43. The predicted molar refractivity (Wildman–Crippen MR) is 100 cm³/mol. The highest BCUT2D eigenvalue weighted by Gasteiger charge is 2.31. The maximum atomic E-state index is 12.4. The quantitative estimate of drug-likeness (QED) is 0.572. The van der Waals surface area contributed by atoms with Crippen LogP contribution in [0, 0.1) is 0 Å². The fourth-order valence-corrected chi connectivity index (χ4v) is 3.72. The van der Waals surface area contributed by atoms with E-state index in [9.17, 15) is 13.2 Å². The monoisotopic (exact) mass is 390 g/mol. The average Bonchev–Trinajstić information content (AvgIpc) is 3.16. The number of hydrogen-bond acceptors (Lipinski definition) is 6. The van der Waals surface area contributed by atoms with Gasteiger partial charge in [-0.05, 0) is 29.7 Å². The Hall–Kier alpha value is -2.46. The van der Waals surface area contributed by atoms with Crippen molar-refractivity contribution < 1.29 is 17.9 Å². The predicted octanol–water partition coefficient (Wildman–Crippen LogP) is 0.567. The lowest BCUT2D eigenvalue weighted by molar-refractivity contribution is -0.123. The van der Waals surface area contributed by atoms with Crippen molar-refractivity contribution in [1.82, 2.24) is 16.2 Å². The summed E-state index contributed by atoms with van der Waals surface area (Å²) in [7, 11) is -2.54. The van der Waals surface area contributed by atoms with Gasteiger partial charge in [0.2, 0.25) is 15.9 Å². The van der Waals surface area contributed by atoms with E-state index >= 15 is 0 Å². The molecule has 0 spiro atoms. The number of ether oxygens (including phenoxy) is 1. The van der Waals surface area contributed by atoms with Crippen molar-refractivity contribution in [2.45, 2.75) is 29.9 Å². The number of carbonyl (C=O) groups excluding carboxylic acids is 1. The third kappa shape index (κ3) is 4.64. The Kier molecular flexibility index (Phi) is 5.76. The number of methoxy groups -OCH3 is 1. The number of primary sulfonamides is 1. The first-order valence-electron chi connectivity index (χ1n) is 8.42. The van der Waals surface area contributed by atoms with Gasteiger partial charge in [0.15, 0.2) is 0 Å². The van der Waals surface area contributed by atoms with Crippen LogP contribution in [0.25, 0.3) is 0 Å². The molecule has 1 heterocycles. The molecule has 9 heteroatoms. The second kappa shape index (κ2) is 8.05. The zero-order valence-electron chi connectivity index (χ0n) is 14.8. The minimum Gasteiger partial charge on any atom is -0.495 e. The highest BCUT2D eigenvalue weighted by atomic mass is 32.2. The molecule has 0 saturated carbocycles. The van der Waals surface area contributed by atoms with Crippen LogP contribution in [0.3, 0.4) is 0 Å². The van der Waals surface area contributed by atoms with Crippen molar-refractivity contribution in [3.05, 3.63) is 59.7 Å². The summed E-state index contributed by atoms with van der Waals surface area (Å²) >= 11 is 0. The summed E-state index contributed by atoms with van der Waals surface area (Å²) < 4.78 is 28.6. The lowest BCUT2D eigenvalue weighted by Crippen LogP contribution is -2.42. The van der Waals surface area contributed by atoms with Gasteiger partial charge in [0.05, 0.1) is 7.11 Å². The minimum atomic E-state index is -3.92. The second-order valence-corrected chi connectivity index (χ2v) is 7.82. The van der Waals surface area contributed by atoms with Gasteiger partial charge >= 0.3 is 0 Å². The Morgan fingerprint density at radius 3 is 2.63 bits per heavy atom. The van der Waals surface area contributed by atoms with Crippen LogP contribution in [0.5, 0.6) is 5.75 Å². The van der Waals surface area contributed by atoms with Gasteiger partial charge in [0, 0.05) is 12.6 Å². The van der Waals surface area contributed by atoms with Crippen LogP contribution in [0.15, 0.2) is 53.4 Å². The largest absolute Gasteiger partial charge is 0.495 e. The van der Waals surface area contributed by atoms with E-state index in [1.807, 2.05) is 30.3 Å². The molecule has 2 atom stereocenters. The molecule has 144 valence electrons. The molecule has 2 unspecified atom stereocenters. The van der Waals surface area contributed by atoms with Crippen LogP contribution >= 0.6 is 0 Å². The van der Waals surface area contributed by atoms with Crippen LogP contribution in [0.2, 0.25) is 0 Å². The Bertz CT molecular complexity index is 918. The molecule has 2 aromatic rings. The average molecular weight is 390 g/mol. The smallest absolute Gasteiger partial charge is 0.241 e. The van der Waals surface area contributed by atoms with Gasteiger partial charge in [0.1, 0.15) is 16.7 Å². The number of sulfonamides is 1. The molecule has 1 fully saturated rings. The summed E-state index contributed by atoms with van der Waals surface area (Å²) in [6, 6.07) is 13.7. The Morgan fingerprint density at radius 1 is 1.22 bits per heavy atom. The van der Waals surface area contributed by atoms with Gasteiger partial charge in [-0.3, -0.25) is 4.79 Å². The van der Waals surface area contributed by atoms with E-state index in [1.54, 1.807) is 12.1 Å². The molecule has 0 aromatic heterocycles. The van der Waals surface area contributed by atoms with Crippen molar-refractivity contribution in [2.75, 3.05) is 7.11 Å². The number of hydrazine groups is 1. The van der Waals surface area contributed by atoms with Crippen molar-refractivity contribution in [2.24, 2.45) is 5.14 Å². The van der Waals surface area contributed by atoms with Gasteiger partial charge in [0.25, 0.3) is 0 Å². The molecular formula is C18H22N4O4S. The molecular weight excluding hydrogens is 368 g/mol. The number of rotatable bonds is 6. The molecule has 27 heavy (non-hydrogen) atoms. The van der Waals surface area contributed by atoms with Gasteiger partial charge in [-0.25, -0.2) is 24.4 Å². The lowest BCUT2D eigenvalue weighted by atomic mass is 10.0. The standard InChI is InChI=1S/C18H22N4O4S/c1-26-16-8-7-13(9-17(16)27(19,24)25)14-10-15(22-21-14)18(23)20-11-12-5-3-2-4-6-12/h2-9,14-15,21-22H,10-11H2,1H3,(H,20,23)(H2,19,24,25). The zero-order chi connectivity index (χ0) is 19.4. The molecule has 0 bridgehead atoms. The van der Waals surface area contributed by atoms with Gasteiger partial charge in [-0.1, -0.05) is 36.4 Å². The van der Waals surface area contributed by atoms with Crippen molar-refractivity contribution >= 4 is 15.9 Å². The first-order valence-corrected chi connectivity index (χ1v) is 9.96. The summed E-state index contributed by atoms with van der Waals surface area (Å²) in [5, 5.41) is 8.15. The number of carbonyl (C=O) groups is 1. The molecule has 0 aliphatic carbocycles. The summed E-state index contributed by atoms with van der Waals surface area (Å²) in [5.41, 5.74) is 7.70. The normalized spacial score (nSPS) is 19.6. The maximum Gasteiger partial charge on any atom is 0.241 e. The fraction of sp³-hybridized carbons (Fsp3) is 0.278. The maximum absolute atomic E-state index is 12.4. The van der Waals surface area contributed by atoms with E-state index < -0.39 is 16.1 Å². The van der Waals surface area contributed by atoms with E-state index in [-0.39, 0.29) is 22.6 Å². The summed E-state index contributed by atoms with van der Waals surface area (Å²) in [5.74, 6) is 0.0541. The number of hydrogen-bond donors (Lipinski definition) is 4. The first-order chi connectivity index (χ1) is 12.9. The second-order valence-electron chi connectivity index (χ2n) is 6.29. The molecule has 2 aromatic carbocycles. The van der Waals surface area contributed by atoms with E-state index in [2.05, 4.69) is 16.2 Å². The molecule has 1 aliphatic heterocycles. The molecule has 1 aliphatic rings. The summed E-state index contributed by atoms with van der Waals surface area (Å²) in [6.45, 7) is 0.445. The van der Waals surface area contributed by atoms with Crippen LogP contribution in [0.4, 0.5) is 0 Å². The topological polar surface area (TPSA) is 123 Å². The van der Waals surface area contributed by atoms with E-state index in [4.69, 9.17) is 9.88 Å².